The fraction of sp³-hybridized carbons (Fsp3) is 0.417. The predicted octanol–water partition coefficient (Wildman–Crippen LogP) is 4.13. The first-order valence-corrected chi connectivity index (χ1v) is 10.7. The quantitative estimate of drug-likeness (QED) is 0.755. The van der Waals surface area contributed by atoms with E-state index in [1.165, 1.54) is 4.90 Å². The van der Waals surface area contributed by atoms with Gasteiger partial charge in [0.1, 0.15) is 0 Å². The Hall–Kier alpha value is -2.86. The Kier molecular flexibility index (Phi) is 6.04. The number of fused-ring (bicyclic) bond motifs is 3. The topological polar surface area (TPSA) is 72.9 Å². The van der Waals surface area contributed by atoms with E-state index in [4.69, 9.17) is 5.11 Å². The zero-order valence-electron chi connectivity index (χ0n) is 17.4. The van der Waals surface area contributed by atoms with Crippen molar-refractivity contribution >= 4 is 17.7 Å². The number of anilines is 1. The van der Waals surface area contributed by atoms with Gasteiger partial charge in [0.05, 0.1) is 5.92 Å². The van der Waals surface area contributed by atoms with Gasteiger partial charge in [0.15, 0.2) is 0 Å². The number of hydrogen-bond donors (Lipinski definition) is 2. The second-order valence-electron chi connectivity index (χ2n) is 8.30. The highest BCUT2D eigenvalue weighted by atomic mass is 16.4. The van der Waals surface area contributed by atoms with Crippen molar-refractivity contribution in [3.8, 4) is 11.1 Å². The highest BCUT2D eigenvalue weighted by Gasteiger charge is 2.38. The minimum atomic E-state index is -0.905. The smallest absolute Gasteiger partial charge is 0.407 e. The number of nitrogens with zero attached hydrogens (tertiary/aromatic N) is 2. The number of benzene rings is 2. The van der Waals surface area contributed by atoms with E-state index in [1.807, 2.05) is 55.5 Å². The van der Waals surface area contributed by atoms with Crippen LogP contribution in [0.4, 0.5) is 10.5 Å². The minimum absolute atomic E-state index is 0.105. The van der Waals surface area contributed by atoms with Gasteiger partial charge in [-0.1, -0.05) is 36.4 Å². The normalized spacial score (nSPS) is 22.5. The van der Waals surface area contributed by atoms with Gasteiger partial charge in [0.25, 0.3) is 0 Å². The van der Waals surface area contributed by atoms with Crippen LogP contribution in [0.3, 0.4) is 0 Å². The molecule has 3 saturated heterocycles. The molecule has 0 unspecified atom stereocenters. The first kappa shape index (κ1) is 20.4. The summed E-state index contributed by atoms with van der Waals surface area (Å²) in [7, 11) is 0. The Morgan fingerprint density at radius 2 is 1.63 bits per heavy atom. The lowest BCUT2D eigenvalue weighted by molar-refractivity contribution is -0.125. The molecule has 0 aliphatic carbocycles. The predicted molar refractivity (Wildman–Crippen MR) is 117 cm³/mol. The van der Waals surface area contributed by atoms with Crippen molar-refractivity contribution in [2.45, 2.75) is 26.3 Å². The van der Waals surface area contributed by atoms with Crippen LogP contribution in [0.1, 0.15) is 25.3 Å². The average molecular weight is 408 g/mol. The minimum Gasteiger partial charge on any atom is -0.465 e. The molecule has 1 atom stereocenters. The van der Waals surface area contributed by atoms with Crippen LogP contribution in [0.25, 0.3) is 11.1 Å². The molecule has 2 aromatic carbocycles. The summed E-state index contributed by atoms with van der Waals surface area (Å²) in [5.74, 6) is 0.770. The van der Waals surface area contributed by atoms with E-state index in [-0.39, 0.29) is 11.8 Å². The van der Waals surface area contributed by atoms with Crippen LogP contribution < -0.4 is 5.32 Å². The first-order chi connectivity index (χ1) is 14.5. The number of carbonyl (C=O) groups is 2. The van der Waals surface area contributed by atoms with Gasteiger partial charge in [-0.25, -0.2) is 4.79 Å². The third-order valence-electron chi connectivity index (χ3n) is 6.46. The van der Waals surface area contributed by atoms with Gasteiger partial charge in [-0.3, -0.25) is 4.79 Å². The monoisotopic (exact) mass is 407 g/mol. The van der Waals surface area contributed by atoms with Crippen LogP contribution in [-0.4, -0.2) is 53.1 Å². The molecule has 158 valence electrons. The molecule has 6 nitrogen and oxygen atoms in total. The molecule has 6 heteroatoms. The van der Waals surface area contributed by atoms with E-state index in [2.05, 4.69) is 10.2 Å². The summed E-state index contributed by atoms with van der Waals surface area (Å²) in [6.45, 7) is 5.83. The first-order valence-electron chi connectivity index (χ1n) is 10.7. The molecule has 3 aliphatic rings. The van der Waals surface area contributed by atoms with Gasteiger partial charge in [0, 0.05) is 25.3 Å². The molecular formula is C24H29N3O3. The second kappa shape index (κ2) is 8.88. The van der Waals surface area contributed by atoms with Gasteiger partial charge < -0.3 is 20.2 Å². The van der Waals surface area contributed by atoms with E-state index in [0.717, 1.165) is 54.9 Å². The molecule has 5 rings (SSSR count). The number of carboxylic acid groups (broad SMARTS) is 1. The zero-order chi connectivity index (χ0) is 21.1. The molecule has 2 aromatic rings. The number of hydrogen-bond acceptors (Lipinski definition) is 3. The van der Waals surface area contributed by atoms with E-state index < -0.39 is 6.09 Å². The molecule has 2 N–H and O–H groups in total. The molecule has 3 aliphatic heterocycles. The number of rotatable bonds is 6. The fourth-order valence-electron chi connectivity index (χ4n) is 4.58. The van der Waals surface area contributed by atoms with Crippen molar-refractivity contribution in [3.05, 3.63) is 54.1 Å². The summed E-state index contributed by atoms with van der Waals surface area (Å²) in [6, 6.07) is 15.9. The van der Waals surface area contributed by atoms with Gasteiger partial charge in [-0.2, -0.15) is 0 Å². The standard InChI is InChI=1S/C24H29N3O3/c1-2-27(24(29)30)15-17-3-5-18(6-4-17)19-7-9-21(10-8-19)25-23(28)22-16-26-13-11-20(22)12-14-26/h3-10,20,22H,2,11-16H2,1H3,(H,25,28)(H,29,30)/t22-/m0/s1. The Morgan fingerprint density at radius 3 is 2.13 bits per heavy atom. The van der Waals surface area contributed by atoms with Gasteiger partial charge >= 0.3 is 6.09 Å². The summed E-state index contributed by atoms with van der Waals surface area (Å²) in [6.07, 6.45) is 1.36. The average Bonchev–Trinajstić information content (AvgIpc) is 2.79. The maximum Gasteiger partial charge on any atom is 0.407 e. The van der Waals surface area contributed by atoms with Crippen LogP contribution in [0.5, 0.6) is 0 Å². The van der Waals surface area contributed by atoms with E-state index in [9.17, 15) is 9.59 Å². The van der Waals surface area contributed by atoms with E-state index >= 15 is 0 Å². The van der Waals surface area contributed by atoms with Crippen LogP contribution in [0.15, 0.2) is 48.5 Å². The summed E-state index contributed by atoms with van der Waals surface area (Å²) < 4.78 is 0. The Labute approximate surface area is 177 Å². The van der Waals surface area contributed by atoms with Crippen LogP contribution in [0.2, 0.25) is 0 Å². The van der Waals surface area contributed by atoms with Crippen molar-refractivity contribution < 1.29 is 14.7 Å². The molecular weight excluding hydrogens is 378 g/mol. The van der Waals surface area contributed by atoms with E-state index in [1.54, 1.807) is 0 Å². The summed E-state index contributed by atoms with van der Waals surface area (Å²) in [5, 5.41) is 12.3. The number of nitrogens with one attached hydrogen (secondary N) is 1. The number of amides is 2. The van der Waals surface area contributed by atoms with Gasteiger partial charge in [-0.15, -0.1) is 0 Å². The van der Waals surface area contributed by atoms with Crippen LogP contribution >= 0.6 is 0 Å². The van der Waals surface area contributed by atoms with Gasteiger partial charge in [-0.05, 0) is 67.6 Å². The van der Waals surface area contributed by atoms with Gasteiger partial charge in [0.2, 0.25) is 5.91 Å². The fourth-order valence-corrected chi connectivity index (χ4v) is 4.58. The molecule has 0 radical (unpaired) electrons. The highest BCUT2D eigenvalue weighted by Crippen LogP contribution is 2.33. The molecule has 0 saturated carbocycles. The SMILES string of the molecule is CCN(Cc1ccc(-c2ccc(NC(=O)[C@H]3CN4CCC3CC4)cc2)cc1)C(=O)O. The molecule has 2 amide bonds. The highest BCUT2D eigenvalue weighted by molar-refractivity contribution is 5.93. The Balaban J connectivity index is 1.37. The lowest BCUT2D eigenvalue weighted by Crippen LogP contribution is -2.51. The van der Waals surface area contributed by atoms with Crippen molar-refractivity contribution in [2.75, 3.05) is 31.5 Å². The summed E-state index contributed by atoms with van der Waals surface area (Å²) >= 11 is 0. The van der Waals surface area contributed by atoms with Crippen molar-refractivity contribution in [1.29, 1.82) is 0 Å². The van der Waals surface area contributed by atoms with Crippen LogP contribution in [-0.2, 0) is 11.3 Å². The zero-order valence-corrected chi connectivity index (χ0v) is 17.4. The van der Waals surface area contributed by atoms with Crippen molar-refractivity contribution in [1.82, 2.24) is 9.80 Å². The lowest BCUT2D eigenvalue weighted by atomic mass is 9.78. The lowest BCUT2D eigenvalue weighted by Gasteiger charge is -2.43. The maximum atomic E-state index is 12.7. The van der Waals surface area contributed by atoms with Crippen molar-refractivity contribution in [3.63, 3.8) is 0 Å². The third kappa shape index (κ3) is 4.49. The van der Waals surface area contributed by atoms with Crippen LogP contribution in [0, 0.1) is 11.8 Å². The Morgan fingerprint density at radius 1 is 1.03 bits per heavy atom. The molecule has 30 heavy (non-hydrogen) atoms. The third-order valence-corrected chi connectivity index (χ3v) is 6.46. The molecule has 2 bridgehead atoms. The number of carbonyl (C=O) groups excluding carboxylic acids is 1. The number of piperidine rings is 3. The Bertz CT molecular complexity index is 887. The summed E-state index contributed by atoms with van der Waals surface area (Å²) in [4.78, 5) is 27.7. The molecule has 3 fully saturated rings. The summed E-state index contributed by atoms with van der Waals surface area (Å²) in [5.41, 5.74) is 3.92. The molecule has 0 spiro atoms. The largest absolute Gasteiger partial charge is 0.465 e. The molecule has 0 aromatic heterocycles. The second-order valence-corrected chi connectivity index (χ2v) is 8.30. The molecule has 3 heterocycles. The maximum absolute atomic E-state index is 12.7. The van der Waals surface area contributed by atoms with Crippen molar-refractivity contribution in [2.24, 2.45) is 11.8 Å². The van der Waals surface area contributed by atoms with E-state index in [0.29, 0.717) is 19.0 Å².